The van der Waals surface area contributed by atoms with Crippen molar-refractivity contribution >= 4 is 27.9 Å². The van der Waals surface area contributed by atoms with Gasteiger partial charge in [0, 0.05) is 39.1 Å². The molecule has 0 spiro atoms. The lowest BCUT2D eigenvalue weighted by molar-refractivity contribution is -0.132. The van der Waals surface area contributed by atoms with E-state index in [0.29, 0.717) is 38.1 Å². The van der Waals surface area contributed by atoms with Crippen LogP contribution in [0.2, 0.25) is 0 Å². The zero-order chi connectivity index (χ0) is 32.5. The SMILES string of the molecule is COc1ccc(S(=O)(=O)NCCC(=O)N2CCC(N(C)C(=O)OC(C)(C)C)CC2)c(C(CCc2ccccc2)C(=O)NO)c1. The number of carbonyl (C=O) groups is 3. The summed E-state index contributed by atoms with van der Waals surface area (Å²) >= 11 is 0. The second-order valence-corrected chi connectivity index (χ2v) is 13.5. The Hall–Kier alpha value is -3.68. The number of hydrogen-bond donors (Lipinski definition) is 3. The van der Waals surface area contributed by atoms with Crippen LogP contribution < -0.4 is 14.9 Å². The molecule has 0 aromatic heterocycles. The molecule has 0 saturated carbocycles. The number of ether oxygens (including phenoxy) is 2. The lowest BCUT2D eigenvalue weighted by Gasteiger charge is -2.37. The van der Waals surface area contributed by atoms with Gasteiger partial charge in [0.1, 0.15) is 11.4 Å². The fraction of sp³-hybridized carbons (Fsp3) is 0.516. The van der Waals surface area contributed by atoms with Crippen molar-refractivity contribution in [1.82, 2.24) is 20.0 Å². The van der Waals surface area contributed by atoms with E-state index in [4.69, 9.17) is 9.47 Å². The third-order valence-corrected chi connectivity index (χ3v) is 9.09. The number of nitrogens with zero attached hydrogens (tertiary/aromatic N) is 2. The van der Waals surface area contributed by atoms with Gasteiger partial charge in [-0.05, 0) is 75.8 Å². The van der Waals surface area contributed by atoms with Gasteiger partial charge in [-0.15, -0.1) is 0 Å². The number of aryl methyl sites for hydroxylation is 1. The average molecular weight is 633 g/mol. The first-order valence-electron chi connectivity index (χ1n) is 14.6. The lowest BCUT2D eigenvalue weighted by atomic mass is 9.91. The molecule has 2 aromatic rings. The third-order valence-electron chi connectivity index (χ3n) is 7.55. The molecule has 13 heteroatoms. The first-order chi connectivity index (χ1) is 20.8. The molecule has 3 amide bonds. The van der Waals surface area contributed by atoms with Gasteiger partial charge in [-0.1, -0.05) is 30.3 Å². The van der Waals surface area contributed by atoms with Crippen molar-refractivity contribution in [3.63, 3.8) is 0 Å². The molecule has 1 fully saturated rings. The van der Waals surface area contributed by atoms with Crippen LogP contribution in [0.5, 0.6) is 5.75 Å². The highest BCUT2D eigenvalue weighted by Crippen LogP contribution is 2.32. The number of sulfonamides is 1. The van der Waals surface area contributed by atoms with E-state index in [-0.39, 0.29) is 41.8 Å². The van der Waals surface area contributed by atoms with Crippen LogP contribution in [-0.2, 0) is 30.8 Å². The van der Waals surface area contributed by atoms with E-state index in [9.17, 15) is 28.0 Å². The summed E-state index contributed by atoms with van der Waals surface area (Å²) < 4.78 is 40.1. The van der Waals surface area contributed by atoms with Crippen LogP contribution in [0.3, 0.4) is 0 Å². The number of rotatable bonds is 12. The summed E-state index contributed by atoms with van der Waals surface area (Å²) in [6.45, 7) is 6.14. The molecule has 1 unspecified atom stereocenters. The molecule has 0 aliphatic carbocycles. The van der Waals surface area contributed by atoms with Crippen LogP contribution in [0.1, 0.15) is 63.5 Å². The molecule has 0 bridgehead atoms. The van der Waals surface area contributed by atoms with Gasteiger partial charge in [0.25, 0.3) is 5.91 Å². The van der Waals surface area contributed by atoms with Crippen LogP contribution in [0, 0.1) is 0 Å². The standard InChI is InChI=1S/C31H44N4O8S/c1-31(2,3)43-30(38)34(4)23-16-19-35(20-17-23)28(36)15-18-32-44(40,41)27-14-12-24(42-5)21-26(27)25(29(37)33-39)13-11-22-9-7-6-8-10-22/h6-10,12,14,21,23,25,32,39H,11,13,15-20H2,1-5H3,(H,33,37). The Morgan fingerprint density at radius 3 is 2.34 bits per heavy atom. The number of amides is 3. The molecule has 242 valence electrons. The van der Waals surface area contributed by atoms with Gasteiger partial charge in [-0.2, -0.15) is 0 Å². The Labute approximate surface area is 259 Å². The summed E-state index contributed by atoms with van der Waals surface area (Å²) in [4.78, 5) is 41.2. The second kappa shape index (κ2) is 15.4. The van der Waals surface area contributed by atoms with Crippen LogP contribution in [0.15, 0.2) is 53.4 Å². The van der Waals surface area contributed by atoms with Crippen molar-refractivity contribution in [2.45, 2.75) is 75.3 Å². The number of nitrogens with one attached hydrogen (secondary N) is 2. The molecule has 1 heterocycles. The van der Waals surface area contributed by atoms with E-state index in [2.05, 4.69) is 4.72 Å². The third kappa shape index (κ3) is 9.66. The molecular weight excluding hydrogens is 588 g/mol. The molecule has 44 heavy (non-hydrogen) atoms. The molecule has 0 radical (unpaired) electrons. The fourth-order valence-electron chi connectivity index (χ4n) is 5.15. The second-order valence-electron chi connectivity index (χ2n) is 11.8. The van der Waals surface area contributed by atoms with Gasteiger partial charge in [0.15, 0.2) is 0 Å². The highest BCUT2D eigenvalue weighted by Gasteiger charge is 2.31. The van der Waals surface area contributed by atoms with Crippen LogP contribution in [-0.4, -0.2) is 86.8 Å². The van der Waals surface area contributed by atoms with Gasteiger partial charge >= 0.3 is 6.09 Å². The maximum atomic E-state index is 13.5. The van der Waals surface area contributed by atoms with E-state index in [1.807, 2.05) is 30.3 Å². The van der Waals surface area contributed by atoms with E-state index in [1.165, 1.54) is 25.3 Å². The Kier molecular flexibility index (Phi) is 12.1. The highest BCUT2D eigenvalue weighted by molar-refractivity contribution is 7.89. The predicted molar refractivity (Wildman–Crippen MR) is 164 cm³/mol. The van der Waals surface area contributed by atoms with Crippen molar-refractivity contribution in [3.8, 4) is 5.75 Å². The molecular formula is C31H44N4O8S. The van der Waals surface area contributed by atoms with Crippen molar-refractivity contribution in [2.24, 2.45) is 0 Å². The van der Waals surface area contributed by atoms with Gasteiger partial charge < -0.3 is 19.3 Å². The molecule has 3 N–H and O–H groups in total. The van der Waals surface area contributed by atoms with Crippen molar-refractivity contribution in [3.05, 3.63) is 59.7 Å². The minimum Gasteiger partial charge on any atom is -0.497 e. The van der Waals surface area contributed by atoms with Crippen LogP contribution in [0.25, 0.3) is 0 Å². The van der Waals surface area contributed by atoms with Gasteiger partial charge in [-0.3, -0.25) is 14.8 Å². The zero-order valence-electron chi connectivity index (χ0n) is 26.0. The van der Waals surface area contributed by atoms with Crippen LogP contribution in [0.4, 0.5) is 4.79 Å². The maximum absolute atomic E-state index is 13.5. The van der Waals surface area contributed by atoms with Gasteiger partial charge in [-0.25, -0.2) is 23.4 Å². The van der Waals surface area contributed by atoms with E-state index in [0.717, 1.165) is 5.56 Å². The van der Waals surface area contributed by atoms with E-state index < -0.39 is 33.5 Å². The Morgan fingerprint density at radius 2 is 1.75 bits per heavy atom. The summed E-state index contributed by atoms with van der Waals surface area (Å²) in [7, 11) is -1.03. The summed E-state index contributed by atoms with van der Waals surface area (Å²) in [5, 5.41) is 9.47. The maximum Gasteiger partial charge on any atom is 0.410 e. The number of benzene rings is 2. The first-order valence-corrected chi connectivity index (χ1v) is 16.1. The van der Waals surface area contributed by atoms with Crippen molar-refractivity contribution in [2.75, 3.05) is 33.8 Å². The molecule has 12 nitrogen and oxygen atoms in total. The zero-order valence-corrected chi connectivity index (χ0v) is 26.9. The van der Waals surface area contributed by atoms with E-state index >= 15 is 0 Å². The topological polar surface area (TPSA) is 155 Å². The summed E-state index contributed by atoms with van der Waals surface area (Å²) in [5.74, 6) is -1.60. The largest absolute Gasteiger partial charge is 0.497 e. The Morgan fingerprint density at radius 1 is 1.09 bits per heavy atom. The Bertz CT molecular complexity index is 1390. The summed E-state index contributed by atoms with van der Waals surface area (Å²) in [6.07, 6.45) is 1.38. The fourth-order valence-corrected chi connectivity index (χ4v) is 6.43. The molecule has 1 atom stereocenters. The van der Waals surface area contributed by atoms with Gasteiger partial charge in [0.05, 0.1) is 17.9 Å². The summed E-state index contributed by atoms with van der Waals surface area (Å²) in [6, 6.07) is 13.7. The van der Waals surface area contributed by atoms with Crippen molar-refractivity contribution in [1.29, 1.82) is 0 Å². The highest BCUT2D eigenvalue weighted by atomic mass is 32.2. The quantitative estimate of drug-likeness (QED) is 0.238. The Balaban J connectivity index is 1.65. The molecule has 1 aliphatic rings. The number of likely N-dealkylation sites (tertiary alicyclic amines) is 1. The molecule has 3 rings (SSSR count). The van der Waals surface area contributed by atoms with Gasteiger partial charge in [0.2, 0.25) is 15.9 Å². The summed E-state index contributed by atoms with van der Waals surface area (Å²) in [5.41, 5.74) is 2.18. The van der Waals surface area contributed by atoms with E-state index in [1.54, 1.807) is 43.1 Å². The average Bonchev–Trinajstić information content (AvgIpc) is 3.00. The first kappa shape index (κ1) is 34.8. The number of hydrogen-bond acceptors (Lipinski definition) is 8. The smallest absolute Gasteiger partial charge is 0.410 e. The monoisotopic (exact) mass is 632 g/mol. The number of methoxy groups -OCH3 is 1. The molecule has 2 aromatic carbocycles. The molecule has 1 aliphatic heterocycles. The number of hydroxylamine groups is 1. The lowest BCUT2D eigenvalue weighted by Crippen LogP contribution is -2.48. The predicted octanol–water partition coefficient (Wildman–Crippen LogP) is 3.44. The minimum atomic E-state index is -4.15. The van der Waals surface area contributed by atoms with Crippen LogP contribution >= 0.6 is 0 Å². The molecule has 1 saturated heterocycles. The number of piperidine rings is 1. The normalized spacial score (nSPS) is 14.9. The minimum absolute atomic E-state index is 0.0631. The van der Waals surface area contributed by atoms with Crippen molar-refractivity contribution < 1.29 is 37.5 Å². The number of carbonyl (C=O) groups excluding carboxylic acids is 3.